The largest absolute Gasteiger partial charge is 0.405 e. The fraction of sp³-hybridized carbons (Fsp3) is 0.889. The van der Waals surface area contributed by atoms with Gasteiger partial charge in [0.15, 0.2) is 5.92 Å². The van der Waals surface area contributed by atoms with Crippen molar-refractivity contribution in [3.63, 3.8) is 0 Å². The van der Waals surface area contributed by atoms with Crippen molar-refractivity contribution >= 4 is 10.8 Å². The fourth-order valence-electron chi connectivity index (χ4n) is 0.987. The topological polar surface area (TPSA) is 40.9 Å². The van der Waals surface area contributed by atoms with Crippen LogP contribution in [0.4, 0.5) is 13.2 Å². The number of nitrogens with zero attached hydrogens (tertiary/aromatic N) is 1. The van der Waals surface area contributed by atoms with Crippen LogP contribution in [0.15, 0.2) is 0 Å². The number of rotatable bonds is 6. The monoisotopic (exact) mass is 241 g/mol. The Bertz CT molecular complexity index is 247. The predicted octanol–water partition coefficient (Wildman–Crippen LogP) is 2.63. The van der Waals surface area contributed by atoms with Crippen molar-refractivity contribution in [1.82, 2.24) is 0 Å². The average Bonchev–Trinajstić information content (AvgIpc) is 2.12. The minimum atomic E-state index is -4.56. The van der Waals surface area contributed by atoms with Gasteiger partial charge in [-0.1, -0.05) is 19.8 Å². The lowest BCUT2D eigenvalue weighted by molar-refractivity contribution is -0.153. The number of alkyl halides is 3. The standard InChI is InChI=1S/C9H14F3NOS/c1-2-3-4-5-15(14)7-8(6-13)9(10,11)12/h8H,2-5,7H2,1H3. The molecule has 0 aliphatic heterocycles. The van der Waals surface area contributed by atoms with E-state index in [9.17, 15) is 17.4 Å². The Kier molecular flexibility index (Phi) is 6.57. The molecule has 0 aliphatic rings. The maximum absolute atomic E-state index is 12.1. The molecule has 0 spiro atoms. The number of unbranched alkanes of at least 4 members (excludes halogenated alkanes) is 2. The minimum absolute atomic E-state index is 0.252. The molecule has 0 rings (SSSR count). The second-order valence-corrected chi connectivity index (χ2v) is 4.86. The summed E-state index contributed by atoms with van der Waals surface area (Å²) in [7, 11) is -1.54. The van der Waals surface area contributed by atoms with Crippen LogP contribution < -0.4 is 0 Å². The molecule has 0 bridgehead atoms. The Morgan fingerprint density at radius 3 is 2.40 bits per heavy atom. The molecule has 6 heteroatoms. The van der Waals surface area contributed by atoms with Crippen LogP contribution in [0.5, 0.6) is 0 Å². The third-order valence-corrected chi connectivity index (χ3v) is 3.33. The first kappa shape index (κ1) is 14.4. The second-order valence-electron chi connectivity index (χ2n) is 3.24. The van der Waals surface area contributed by atoms with Crippen LogP contribution in [-0.2, 0) is 10.8 Å². The van der Waals surface area contributed by atoms with Crippen molar-refractivity contribution in [3.8, 4) is 6.07 Å². The molecule has 0 radical (unpaired) electrons. The Morgan fingerprint density at radius 1 is 1.40 bits per heavy atom. The van der Waals surface area contributed by atoms with Crippen LogP contribution >= 0.6 is 0 Å². The van der Waals surface area contributed by atoms with Crippen molar-refractivity contribution in [2.24, 2.45) is 5.92 Å². The first-order valence-electron chi connectivity index (χ1n) is 4.73. The van der Waals surface area contributed by atoms with Crippen molar-refractivity contribution < 1.29 is 17.4 Å². The number of halogens is 3. The van der Waals surface area contributed by atoms with E-state index in [0.29, 0.717) is 6.42 Å². The highest BCUT2D eigenvalue weighted by Gasteiger charge is 2.40. The van der Waals surface area contributed by atoms with Gasteiger partial charge in [0, 0.05) is 22.3 Å². The van der Waals surface area contributed by atoms with Crippen molar-refractivity contribution in [2.45, 2.75) is 32.4 Å². The van der Waals surface area contributed by atoms with Crippen molar-refractivity contribution in [2.75, 3.05) is 11.5 Å². The van der Waals surface area contributed by atoms with Crippen LogP contribution in [0.3, 0.4) is 0 Å². The molecule has 2 atom stereocenters. The third kappa shape index (κ3) is 6.50. The van der Waals surface area contributed by atoms with Gasteiger partial charge < -0.3 is 0 Å². The SMILES string of the molecule is CCCCCS(=O)CC(C#N)C(F)(F)F. The molecule has 0 aromatic carbocycles. The van der Waals surface area contributed by atoms with E-state index in [-0.39, 0.29) is 5.75 Å². The molecule has 0 heterocycles. The summed E-state index contributed by atoms with van der Waals surface area (Å²) in [4.78, 5) is 0. The molecule has 0 saturated heterocycles. The molecule has 0 saturated carbocycles. The van der Waals surface area contributed by atoms with Gasteiger partial charge in [-0.15, -0.1) is 0 Å². The summed E-state index contributed by atoms with van der Waals surface area (Å²) in [5, 5.41) is 8.28. The number of hydrogen-bond donors (Lipinski definition) is 0. The van der Waals surface area contributed by atoms with Crippen LogP contribution in [0.2, 0.25) is 0 Å². The van der Waals surface area contributed by atoms with E-state index >= 15 is 0 Å². The molecule has 2 unspecified atom stereocenters. The predicted molar refractivity (Wildman–Crippen MR) is 52.6 cm³/mol. The fourth-order valence-corrected chi connectivity index (χ4v) is 2.32. The van der Waals surface area contributed by atoms with Gasteiger partial charge in [-0.3, -0.25) is 4.21 Å². The molecule has 15 heavy (non-hydrogen) atoms. The van der Waals surface area contributed by atoms with E-state index in [0.717, 1.165) is 18.9 Å². The van der Waals surface area contributed by atoms with Gasteiger partial charge in [-0.2, -0.15) is 18.4 Å². The zero-order valence-corrected chi connectivity index (χ0v) is 9.33. The molecule has 0 amide bonds. The zero-order chi connectivity index (χ0) is 11.9. The van der Waals surface area contributed by atoms with Gasteiger partial charge in [-0.25, -0.2) is 0 Å². The Labute approximate surface area is 89.9 Å². The van der Waals surface area contributed by atoms with E-state index in [1.54, 1.807) is 0 Å². The van der Waals surface area contributed by atoms with E-state index in [2.05, 4.69) is 0 Å². The molecule has 0 aromatic rings. The maximum Gasteiger partial charge on any atom is 0.405 e. The van der Waals surface area contributed by atoms with Crippen LogP contribution in [0.25, 0.3) is 0 Å². The highest BCUT2D eigenvalue weighted by Crippen LogP contribution is 2.26. The molecule has 2 nitrogen and oxygen atoms in total. The summed E-state index contributed by atoms with van der Waals surface area (Å²) < 4.78 is 47.5. The lowest BCUT2D eigenvalue weighted by Crippen LogP contribution is -2.27. The lowest BCUT2D eigenvalue weighted by atomic mass is 10.2. The van der Waals surface area contributed by atoms with Gasteiger partial charge >= 0.3 is 6.18 Å². The van der Waals surface area contributed by atoms with E-state index < -0.39 is 28.6 Å². The van der Waals surface area contributed by atoms with Crippen LogP contribution in [0, 0.1) is 17.2 Å². The van der Waals surface area contributed by atoms with Gasteiger partial charge in [0.05, 0.1) is 6.07 Å². The third-order valence-electron chi connectivity index (χ3n) is 1.88. The minimum Gasteiger partial charge on any atom is -0.260 e. The molecule has 88 valence electrons. The maximum atomic E-state index is 12.1. The Hall–Kier alpha value is -0.570. The lowest BCUT2D eigenvalue weighted by Gasteiger charge is -2.12. The van der Waals surface area contributed by atoms with E-state index in [4.69, 9.17) is 5.26 Å². The molecule has 0 N–H and O–H groups in total. The molecule has 0 fully saturated rings. The van der Waals surface area contributed by atoms with Gasteiger partial charge in [0.2, 0.25) is 0 Å². The van der Waals surface area contributed by atoms with Crippen molar-refractivity contribution in [3.05, 3.63) is 0 Å². The van der Waals surface area contributed by atoms with Crippen molar-refractivity contribution in [1.29, 1.82) is 5.26 Å². The summed E-state index contributed by atoms with van der Waals surface area (Å²) in [6.45, 7) is 1.96. The highest BCUT2D eigenvalue weighted by molar-refractivity contribution is 7.84. The molecular formula is C9H14F3NOS. The normalized spacial score (nSPS) is 15.7. The summed E-state index contributed by atoms with van der Waals surface area (Å²) in [5.41, 5.74) is 0. The summed E-state index contributed by atoms with van der Waals surface area (Å²) in [5.74, 6) is -2.44. The number of nitriles is 1. The van der Waals surface area contributed by atoms with E-state index in [1.807, 2.05) is 6.92 Å². The Balaban J connectivity index is 3.99. The first-order valence-corrected chi connectivity index (χ1v) is 6.22. The van der Waals surface area contributed by atoms with Crippen LogP contribution in [-0.4, -0.2) is 21.9 Å². The zero-order valence-electron chi connectivity index (χ0n) is 8.51. The summed E-state index contributed by atoms with van der Waals surface area (Å²) >= 11 is 0. The summed E-state index contributed by atoms with van der Waals surface area (Å²) in [6.07, 6.45) is -2.12. The van der Waals surface area contributed by atoms with E-state index in [1.165, 1.54) is 0 Å². The number of hydrogen-bond acceptors (Lipinski definition) is 2. The average molecular weight is 241 g/mol. The smallest absolute Gasteiger partial charge is 0.260 e. The van der Waals surface area contributed by atoms with Gasteiger partial charge in [0.25, 0.3) is 0 Å². The summed E-state index contributed by atoms with van der Waals surface area (Å²) in [6, 6.07) is 1.15. The first-order chi connectivity index (χ1) is 6.91. The molecule has 0 aromatic heterocycles. The Morgan fingerprint density at radius 2 is 2.00 bits per heavy atom. The quantitative estimate of drug-likeness (QED) is 0.671. The molecule has 0 aliphatic carbocycles. The van der Waals surface area contributed by atoms with Gasteiger partial charge in [-0.05, 0) is 6.42 Å². The second kappa shape index (κ2) is 6.83. The van der Waals surface area contributed by atoms with Crippen LogP contribution in [0.1, 0.15) is 26.2 Å². The van der Waals surface area contributed by atoms with Gasteiger partial charge in [0.1, 0.15) is 0 Å². The molecular weight excluding hydrogens is 227 g/mol. The highest BCUT2D eigenvalue weighted by atomic mass is 32.2.